The fourth-order valence-corrected chi connectivity index (χ4v) is 4.36. The van der Waals surface area contributed by atoms with E-state index in [0.717, 1.165) is 0 Å². The van der Waals surface area contributed by atoms with E-state index in [1.807, 2.05) is 0 Å². The smallest absolute Gasteiger partial charge is 0.508 e. The summed E-state index contributed by atoms with van der Waals surface area (Å²) in [4.78, 5) is 73.3. The van der Waals surface area contributed by atoms with Crippen LogP contribution in [-0.4, -0.2) is 63.9 Å². The summed E-state index contributed by atoms with van der Waals surface area (Å²) in [6, 6.07) is 21.2. The van der Waals surface area contributed by atoms with Gasteiger partial charge >= 0.3 is 49.4 Å². The SMILES string of the molecule is COc1ccc2c(=O)c(/C=N/NC(=O)c3ccc(O)cc3)coc2c1.COc1ccc2c(=O)c(/C=N/NC(=O)c3ccc(O)cc3)coc2c1.O=[N+]([O-])[O-].O=[N+]([O-])[O-].O=[N+]([O-])[O-].[Eu+3]. The van der Waals surface area contributed by atoms with Crippen LogP contribution in [-0.2, 0) is 0 Å². The van der Waals surface area contributed by atoms with Gasteiger partial charge in [-0.05, 0) is 72.8 Å². The molecule has 6 rings (SSSR count). The van der Waals surface area contributed by atoms with Crippen molar-refractivity contribution in [3.05, 3.63) is 186 Å². The van der Waals surface area contributed by atoms with Crippen LogP contribution in [0.1, 0.15) is 31.8 Å². The third kappa shape index (κ3) is 18.8. The molecule has 0 aliphatic rings. The minimum absolute atomic E-state index is 0. The average Bonchev–Trinajstić information content (AvgIpc) is 3.22. The second kappa shape index (κ2) is 26.9. The molecule has 0 fully saturated rings. The number of hydrogen-bond acceptors (Lipinski definition) is 21. The molecule has 2 amide bonds. The van der Waals surface area contributed by atoms with E-state index in [0.29, 0.717) is 44.6 Å². The average molecular weight is 1010 g/mol. The number of benzene rings is 4. The minimum Gasteiger partial charge on any atom is -0.508 e. The summed E-state index contributed by atoms with van der Waals surface area (Å²) in [5.74, 6) is 0.352. The first-order chi connectivity index (χ1) is 29.4. The predicted molar refractivity (Wildman–Crippen MR) is 215 cm³/mol. The van der Waals surface area contributed by atoms with Crippen LogP contribution in [0.5, 0.6) is 23.0 Å². The second-order valence-electron chi connectivity index (χ2n) is 10.9. The number of hydrazone groups is 2. The van der Waals surface area contributed by atoms with Gasteiger partial charge in [0.2, 0.25) is 10.9 Å². The molecule has 4 aromatic carbocycles. The topological polar surface area (TPSA) is 401 Å². The van der Waals surface area contributed by atoms with Crippen molar-refractivity contribution in [3.8, 4) is 23.0 Å². The fourth-order valence-electron chi connectivity index (χ4n) is 4.36. The first kappa shape index (κ1) is 53.0. The van der Waals surface area contributed by atoms with Gasteiger partial charge in [0.1, 0.15) is 46.7 Å². The molecule has 0 radical (unpaired) electrons. The fraction of sp³-hybridized carbons (Fsp3) is 0.0556. The maximum atomic E-state index is 12.4. The van der Waals surface area contributed by atoms with Gasteiger partial charge in [-0.15, -0.1) is 0 Å². The second-order valence-corrected chi connectivity index (χ2v) is 10.9. The third-order valence-electron chi connectivity index (χ3n) is 7.02. The van der Waals surface area contributed by atoms with E-state index in [1.54, 1.807) is 36.4 Å². The van der Waals surface area contributed by atoms with Gasteiger partial charge in [0, 0.05) is 23.3 Å². The van der Waals surface area contributed by atoms with Crippen molar-refractivity contribution in [2.75, 3.05) is 14.2 Å². The van der Waals surface area contributed by atoms with Crippen LogP contribution >= 0.6 is 0 Å². The van der Waals surface area contributed by atoms with Crippen molar-refractivity contribution in [1.29, 1.82) is 0 Å². The Morgan fingerprint density at radius 3 is 1.17 bits per heavy atom. The molecule has 2 aromatic heterocycles. The van der Waals surface area contributed by atoms with Crippen molar-refractivity contribution in [3.63, 3.8) is 0 Å². The van der Waals surface area contributed by atoms with Crippen LogP contribution in [0, 0.1) is 95.3 Å². The van der Waals surface area contributed by atoms with Crippen molar-refractivity contribution in [1.82, 2.24) is 10.9 Å². The number of carbonyl (C=O) groups excluding carboxylic acids is 2. The van der Waals surface area contributed by atoms with E-state index in [9.17, 15) is 29.4 Å². The van der Waals surface area contributed by atoms with Crippen molar-refractivity contribution in [2.45, 2.75) is 0 Å². The number of rotatable bonds is 8. The Morgan fingerprint density at radius 1 is 0.587 bits per heavy atom. The number of aromatic hydroxyl groups is 2. The van der Waals surface area contributed by atoms with Gasteiger partial charge in [0.25, 0.3) is 11.8 Å². The van der Waals surface area contributed by atoms with Crippen LogP contribution in [0.3, 0.4) is 0 Å². The largest absolute Gasteiger partial charge is 3.00 e. The molecule has 0 saturated heterocycles. The molecule has 26 nitrogen and oxygen atoms in total. The van der Waals surface area contributed by atoms with E-state index in [1.165, 1.54) is 87.7 Å². The molecule has 6 aromatic rings. The molecular weight excluding hydrogens is 986 g/mol. The summed E-state index contributed by atoms with van der Waals surface area (Å²) < 4.78 is 21.0. The first-order valence-electron chi connectivity index (χ1n) is 16.2. The molecule has 0 bridgehead atoms. The molecule has 328 valence electrons. The van der Waals surface area contributed by atoms with Crippen LogP contribution in [0.25, 0.3) is 21.9 Å². The zero-order chi connectivity index (χ0) is 46.4. The molecule has 0 atom stereocenters. The maximum Gasteiger partial charge on any atom is 3.00 e. The summed E-state index contributed by atoms with van der Waals surface area (Å²) in [7, 11) is 3.05. The Morgan fingerprint density at radius 2 is 0.889 bits per heavy atom. The van der Waals surface area contributed by atoms with E-state index in [-0.39, 0.29) is 82.9 Å². The number of nitrogens with zero attached hydrogens (tertiary/aromatic N) is 5. The van der Waals surface area contributed by atoms with Crippen molar-refractivity contribution >= 4 is 46.2 Å². The van der Waals surface area contributed by atoms with Crippen LogP contribution in [0.4, 0.5) is 0 Å². The molecule has 4 N–H and O–H groups in total. The van der Waals surface area contributed by atoms with Gasteiger partial charge in [0.05, 0.1) is 63.8 Å². The van der Waals surface area contributed by atoms with Crippen LogP contribution in [0.2, 0.25) is 0 Å². The van der Waals surface area contributed by atoms with E-state index in [2.05, 4.69) is 21.1 Å². The summed E-state index contributed by atoms with van der Waals surface area (Å²) in [6.45, 7) is 0. The van der Waals surface area contributed by atoms with Gasteiger partial charge in [-0.2, -0.15) is 10.2 Å². The molecule has 0 saturated carbocycles. The Kier molecular flexibility index (Phi) is 22.7. The Balaban J connectivity index is 0.000000496. The summed E-state index contributed by atoms with van der Waals surface area (Å²) >= 11 is 0. The third-order valence-corrected chi connectivity index (χ3v) is 7.02. The molecule has 0 aliphatic carbocycles. The molecule has 2 heterocycles. The maximum absolute atomic E-state index is 12.4. The number of amides is 2. The molecule has 63 heavy (non-hydrogen) atoms. The van der Waals surface area contributed by atoms with Gasteiger partial charge < -0.3 is 74.5 Å². The Bertz CT molecular complexity index is 2480. The Hall–Kier alpha value is -8.04. The van der Waals surface area contributed by atoms with Crippen molar-refractivity contribution in [2.24, 2.45) is 10.2 Å². The first-order valence-corrected chi connectivity index (χ1v) is 16.2. The van der Waals surface area contributed by atoms with Gasteiger partial charge in [-0.3, -0.25) is 19.2 Å². The van der Waals surface area contributed by atoms with Gasteiger partial charge in [-0.1, -0.05) is 0 Å². The zero-order valence-corrected chi connectivity index (χ0v) is 34.3. The van der Waals surface area contributed by atoms with Gasteiger partial charge in [-0.25, -0.2) is 10.9 Å². The van der Waals surface area contributed by atoms with E-state index in [4.69, 9.17) is 64.3 Å². The number of phenolic OH excluding ortho intramolecular Hbond substituents is 2. The number of methoxy groups -OCH3 is 2. The summed E-state index contributed by atoms with van der Waals surface area (Å²) in [6.07, 6.45) is 4.96. The van der Waals surface area contributed by atoms with Crippen LogP contribution in [0.15, 0.2) is 126 Å². The molecule has 27 heteroatoms. The van der Waals surface area contributed by atoms with E-state index < -0.39 is 27.1 Å². The zero-order valence-electron chi connectivity index (χ0n) is 31.8. The predicted octanol–water partition coefficient (Wildman–Crippen LogP) is 3.82. The molecule has 0 unspecified atom stereocenters. The number of ether oxygens (including phenoxy) is 2. The summed E-state index contributed by atoms with van der Waals surface area (Å²) in [5, 5.41) is 71.0. The molecule has 0 spiro atoms. The minimum atomic E-state index is -1.75. The van der Waals surface area contributed by atoms with E-state index >= 15 is 0 Å². The normalized spacial score (nSPS) is 9.81. The van der Waals surface area contributed by atoms with Crippen molar-refractivity contribution < 1.29 is 103 Å². The number of phenols is 2. The number of fused-ring (bicyclic) bond motifs is 2. The quantitative estimate of drug-likeness (QED) is 0.0956. The standard InChI is InChI=1S/2C18H14N2O5.Eu.3NO3/c2*1-24-14-6-7-15-16(8-14)25-10-12(17(15)22)9-19-20-18(23)11-2-4-13(21)5-3-11;;3*2-1(3)4/h2*2-10,21H,1H3,(H,20,23);;;;/q;;+3;3*-1/b2*19-9+;;;;. The summed E-state index contributed by atoms with van der Waals surface area (Å²) in [5.41, 5.74) is 5.92. The number of carbonyl (C=O) groups is 2. The molecule has 0 aliphatic heterocycles. The van der Waals surface area contributed by atoms with Crippen LogP contribution < -0.4 is 31.2 Å². The number of hydrogen-bond donors (Lipinski definition) is 4. The monoisotopic (exact) mass is 1020 g/mol. The van der Waals surface area contributed by atoms with Gasteiger partial charge in [0.15, 0.2) is 0 Å². The molecular formula is C36H28EuN7O19. The number of nitrogens with one attached hydrogen (secondary N) is 2. The Labute approximate surface area is 390 Å².